The summed E-state index contributed by atoms with van der Waals surface area (Å²) in [6, 6.07) is 3.51. The first-order valence-corrected chi connectivity index (χ1v) is 2.79. The SMILES string of the molecule is C=C[C]1N=C(C#N)C(C#N)=N1. The summed E-state index contributed by atoms with van der Waals surface area (Å²) in [4.78, 5) is 7.41. The minimum atomic E-state index is 0.0578. The molecule has 0 aromatic rings. The molecule has 4 nitrogen and oxygen atoms in total. The number of rotatable bonds is 1. The van der Waals surface area contributed by atoms with E-state index in [2.05, 4.69) is 16.6 Å². The number of aliphatic imine (C=N–C) groups is 2. The van der Waals surface area contributed by atoms with Gasteiger partial charge in [-0.1, -0.05) is 6.58 Å². The first-order valence-electron chi connectivity index (χ1n) is 2.79. The van der Waals surface area contributed by atoms with E-state index in [1.165, 1.54) is 6.08 Å². The van der Waals surface area contributed by atoms with Crippen molar-refractivity contribution in [2.45, 2.75) is 0 Å². The number of nitriles is 2. The summed E-state index contributed by atoms with van der Waals surface area (Å²) >= 11 is 0. The fourth-order valence-corrected chi connectivity index (χ4v) is 0.607. The molecule has 0 aromatic heterocycles. The first kappa shape index (κ1) is 7.17. The van der Waals surface area contributed by atoms with Crippen LogP contribution in [0.3, 0.4) is 0 Å². The third-order valence-corrected chi connectivity index (χ3v) is 1.07. The molecular formula is C7H3N4. The van der Waals surface area contributed by atoms with Gasteiger partial charge in [-0.2, -0.15) is 10.5 Å². The molecule has 0 atom stereocenters. The Bertz CT molecular complexity index is 293. The van der Waals surface area contributed by atoms with Gasteiger partial charge < -0.3 is 0 Å². The van der Waals surface area contributed by atoms with Gasteiger partial charge in [0, 0.05) is 0 Å². The van der Waals surface area contributed by atoms with Gasteiger partial charge in [0.05, 0.1) is 0 Å². The summed E-state index contributed by atoms with van der Waals surface area (Å²) in [5.74, 6) is 0. The highest BCUT2D eigenvalue weighted by atomic mass is 15.1. The zero-order chi connectivity index (χ0) is 8.27. The van der Waals surface area contributed by atoms with Crippen molar-refractivity contribution in [2.75, 3.05) is 0 Å². The predicted octanol–water partition coefficient (Wildman–Crippen LogP) is 0.605. The highest BCUT2D eigenvalue weighted by Crippen LogP contribution is 2.13. The fraction of sp³-hybridized carbons (Fsp3) is 0. The molecule has 4 heteroatoms. The second kappa shape index (κ2) is 2.76. The Labute approximate surface area is 63.8 Å². The Morgan fingerprint density at radius 1 is 1.18 bits per heavy atom. The lowest BCUT2D eigenvalue weighted by molar-refractivity contribution is 1.12. The zero-order valence-electron chi connectivity index (χ0n) is 5.57. The van der Waals surface area contributed by atoms with E-state index in [0.29, 0.717) is 6.17 Å². The van der Waals surface area contributed by atoms with Crippen molar-refractivity contribution in [3.8, 4) is 12.1 Å². The van der Waals surface area contributed by atoms with Crippen molar-refractivity contribution in [3.05, 3.63) is 18.8 Å². The average molecular weight is 143 g/mol. The number of hydrogen-bond donors (Lipinski definition) is 0. The Kier molecular flexibility index (Phi) is 1.80. The quantitative estimate of drug-likeness (QED) is 0.539. The summed E-state index contributed by atoms with van der Waals surface area (Å²) in [7, 11) is 0. The van der Waals surface area contributed by atoms with Crippen molar-refractivity contribution in [2.24, 2.45) is 9.98 Å². The van der Waals surface area contributed by atoms with E-state index in [1.54, 1.807) is 12.1 Å². The highest BCUT2D eigenvalue weighted by molar-refractivity contribution is 6.54. The van der Waals surface area contributed by atoms with Crippen LogP contribution < -0.4 is 0 Å². The van der Waals surface area contributed by atoms with Gasteiger partial charge >= 0.3 is 0 Å². The van der Waals surface area contributed by atoms with Crippen LogP contribution in [0, 0.1) is 28.8 Å². The molecular weight excluding hydrogens is 140 g/mol. The maximum Gasteiger partial charge on any atom is 0.220 e. The second-order valence-corrected chi connectivity index (χ2v) is 1.71. The third kappa shape index (κ3) is 1.15. The third-order valence-electron chi connectivity index (χ3n) is 1.07. The van der Waals surface area contributed by atoms with Crippen molar-refractivity contribution in [1.29, 1.82) is 10.5 Å². The van der Waals surface area contributed by atoms with Crippen LogP contribution in [0.25, 0.3) is 0 Å². The van der Waals surface area contributed by atoms with Gasteiger partial charge in [-0.25, -0.2) is 9.98 Å². The Morgan fingerprint density at radius 3 is 1.91 bits per heavy atom. The predicted molar refractivity (Wildman–Crippen MR) is 39.5 cm³/mol. The van der Waals surface area contributed by atoms with Gasteiger partial charge in [0.1, 0.15) is 12.1 Å². The van der Waals surface area contributed by atoms with Crippen molar-refractivity contribution in [1.82, 2.24) is 0 Å². The van der Waals surface area contributed by atoms with E-state index in [-0.39, 0.29) is 11.4 Å². The summed E-state index contributed by atoms with van der Waals surface area (Å²) < 4.78 is 0. The number of hydrogen-bond acceptors (Lipinski definition) is 4. The molecule has 0 saturated heterocycles. The Balaban J connectivity index is 3.02. The van der Waals surface area contributed by atoms with E-state index in [4.69, 9.17) is 10.5 Å². The highest BCUT2D eigenvalue weighted by Gasteiger charge is 2.18. The van der Waals surface area contributed by atoms with Crippen molar-refractivity contribution >= 4 is 11.4 Å². The molecule has 0 aromatic carbocycles. The van der Waals surface area contributed by atoms with Gasteiger partial charge in [-0.05, 0) is 6.08 Å². The van der Waals surface area contributed by atoms with Crippen molar-refractivity contribution in [3.63, 3.8) is 0 Å². The molecule has 0 fully saturated rings. The zero-order valence-corrected chi connectivity index (χ0v) is 5.57. The lowest BCUT2D eigenvalue weighted by atomic mass is 10.3. The van der Waals surface area contributed by atoms with Crippen molar-refractivity contribution < 1.29 is 0 Å². The smallest absolute Gasteiger partial charge is 0.220 e. The monoisotopic (exact) mass is 143 g/mol. The molecule has 0 amide bonds. The minimum Gasteiger partial charge on any atom is -0.232 e. The Hall–Kier alpha value is -1.94. The molecule has 0 unspecified atom stereocenters. The standard InChI is InChI=1S/C7H3N4/c1-2-7-10-5(3-8)6(4-9)11-7/h2H,1H2. The maximum atomic E-state index is 8.42. The molecule has 1 aliphatic rings. The van der Waals surface area contributed by atoms with Crippen LogP contribution in [0.4, 0.5) is 0 Å². The van der Waals surface area contributed by atoms with Crippen LogP contribution in [-0.4, -0.2) is 11.4 Å². The molecule has 0 aliphatic carbocycles. The summed E-state index contributed by atoms with van der Waals surface area (Å²) in [5.41, 5.74) is 0.116. The molecule has 1 rings (SSSR count). The average Bonchev–Trinajstić information content (AvgIpc) is 2.46. The van der Waals surface area contributed by atoms with Gasteiger partial charge in [0.2, 0.25) is 6.17 Å². The molecule has 51 valence electrons. The maximum absolute atomic E-state index is 8.42. The lowest BCUT2D eigenvalue weighted by Gasteiger charge is -1.85. The van der Waals surface area contributed by atoms with E-state index in [0.717, 1.165) is 0 Å². The summed E-state index contributed by atoms with van der Waals surface area (Å²) in [5, 5.41) is 16.8. The van der Waals surface area contributed by atoms with Crippen LogP contribution in [-0.2, 0) is 0 Å². The van der Waals surface area contributed by atoms with E-state index in [9.17, 15) is 0 Å². The van der Waals surface area contributed by atoms with Gasteiger partial charge in [-0.3, -0.25) is 0 Å². The summed E-state index contributed by atoms with van der Waals surface area (Å²) in [6.45, 7) is 3.41. The Morgan fingerprint density at radius 2 is 1.64 bits per heavy atom. The van der Waals surface area contributed by atoms with E-state index < -0.39 is 0 Å². The molecule has 0 spiro atoms. The molecule has 11 heavy (non-hydrogen) atoms. The topological polar surface area (TPSA) is 72.3 Å². The van der Waals surface area contributed by atoms with Crippen LogP contribution >= 0.6 is 0 Å². The van der Waals surface area contributed by atoms with E-state index >= 15 is 0 Å². The van der Waals surface area contributed by atoms with Crippen LogP contribution in [0.15, 0.2) is 22.6 Å². The van der Waals surface area contributed by atoms with Gasteiger partial charge in [0.25, 0.3) is 0 Å². The van der Waals surface area contributed by atoms with Crippen LogP contribution in [0.5, 0.6) is 0 Å². The summed E-state index contributed by atoms with van der Waals surface area (Å²) in [6.07, 6.45) is 1.71. The van der Waals surface area contributed by atoms with Gasteiger partial charge in [0.15, 0.2) is 11.4 Å². The van der Waals surface area contributed by atoms with Gasteiger partial charge in [-0.15, -0.1) is 0 Å². The largest absolute Gasteiger partial charge is 0.232 e. The molecule has 0 bridgehead atoms. The first-order chi connectivity index (χ1) is 5.31. The molecule has 1 radical (unpaired) electrons. The normalized spacial score (nSPS) is 16.2. The lowest BCUT2D eigenvalue weighted by Crippen LogP contribution is -2.04. The second-order valence-electron chi connectivity index (χ2n) is 1.71. The van der Waals surface area contributed by atoms with E-state index in [1.807, 2.05) is 0 Å². The minimum absolute atomic E-state index is 0.0578. The fourth-order valence-electron chi connectivity index (χ4n) is 0.607. The molecule has 0 saturated carbocycles. The van der Waals surface area contributed by atoms with Crippen LogP contribution in [0.2, 0.25) is 0 Å². The van der Waals surface area contributed by atoms with Crippen LogP contribution in [0.1, 0.15) is 0 Å². The molecule has 1 heterocycles. The molecule has 0 N–H and O–H groups in total. The number of nitrogens with zero attached hydrogens (tertiary/aromatic N) is 4. The molecule has 1 aliphatic heterocycles.